The van der Waals surface area contributed by atoms with Crippen molar-refractivity contribution in [3.05, 3.63) is 23.8 Å². The second-order valence-electron chi connectivity index (χ2n) is 6.76. The van der Waals surface area contributed by atoms with Gasteiger partial charge in [-0.2, -0.15) is 0 Å². The molecule has 144 valence electrons. The van der Waals surface area contributed by atoms with Crippen LogP contribution in [-0.4, -0.2) is 38.6 Å². The molecule has 0 spiro atoms. The molecule has 1 aliphatic carbocycles. The van der Waals surface area contributed by atoms with Gasteiger partial charge in [-0.25, -0.2) is 0 Å². The number of nitrogens with one attached hydrogen (secondary N) is 2. The number of hydrogen-bond donors (Lipinski definition) is 2. The van der Waals surface area contributed by atoms with E-state index >= 15 is 0 Å². The summed E-state index contributed by atoms with van der Waals surface area (Å²) < 4.78 is 10.4. The fourth-order valence-corrected chi connectivity index (χ4v) is 3.54. The maximum atomic E-state index is 12.3. The molecule has 1 saturated carbocycles. The summed E-state index contributed by atoms with van der Waals surface area (Å²) in [7, 11) is 3.06. The number of hydrogen-bond acceptors (Lipinski definition) is 4. The summed E-state index contributed by atoms with van der Waals surface area (Å²) >= 11 is 0. The molecule has 1 aromatic rings. The molecular weight excluding hydrogens is 332 g/mol. The van der Waals surface area contributed by atoms with Crippen molar-refractivity contribution in [2.24, 2.45) is 5.92 Å². The highest BCUT2D eigenvalue weighted by Crippen LogP contribution is 2.30. The molecule has 0 bridgehead atoms. The summed E-state index contributed by atoms with van der Waals surface area (Å²) in [6, 6.07) is 5.16. The number of ether oxygens (including phenoxy) is 2. The van der Waals surface area contributed by atoms with E-state index < -0.39 is 0 Å². The molecule has 6 heteroatoms. The van der Waals surface area contributed by atoms with Crippen LogP contribution in [0.3, 0.4) is 0 Å². The van der Waals surface area contributed by atoms with Crippen LogP contribution in [0.2, 0.25) is 0 Å². The van der Waals surface area contributed by atoms with E-state index in [2.05, 4.69) is 17.6 Å². The Labute approximate surface area is 155 Å². The van der Waals surface area contributed by atoms with Crippen molar-refractivity contribution < 1.29 is 19.1 Å². The largest absolute Gasteiger partial charge is 0.493 e. The molecule has 2 rings (SSSR count). The smallest absolute Gasteiger partial charge is 0.251 e. The second kappa shape index (κ2) is 10.0. The van der Waals surface area contributed by atoms with E-state index in [1.54, 1.807) is 25.3 Å². The number of carbonyl (C=O) groups excluding carboxylic acids is 2. The zero-order chi connectivity index (χ0) is 18.9. The lowest BCUT2D eigenvalue weighted by Gasteiger charge is -2.21. The van der Waals surface area contributed by atoms with Crippen LogP contribution < -0.4 is 20.1 Å². The SMILES string of the molecule is CCCCC1CCCC1NC(=O)CNC(=O)c1ccc(OC)c(OC)c1. The van der Waals surface area contributed by atoms with E-state index in [-0.39, 0.29) is 24.4 Å². The maximum Gasteiger partial charge on any atom is 0.251 e. The number of carbonyl (C=O) groups is 2. The molecule has 0 heterocycles. The normalized spacial score (nSPS) is 19.0. The lowest BCUT2D eigenvalue weighted by Crippen LogP contribution is -2.43. The monoisotopic (exact) mass is 362 g/mol. The van der Waals surface area contributed by atoms with E-state index in [1.165, 1.54) is 32.8 Å². The van der Waals surface area contributed by atoms with Crippen LogP contribution in [0.25, 0.3) is 0 Å². The van der Waals surface area contributed by atoms with Crippen LogP contribution in [0.1, 0.15) is 55.8 Å². The van der Waals surface area contributed by atoms with Crippen LogP contribution in [0.5, 0.6) is 11.5 Å². The number of methoxy groups -OCH3 is 2. The topological polar surface area (TPSA) is 76.7 Å². The van der Waals surface area contributed by atoms with Crippen molar-refractivity contribution in [3.8, 4) is 11.5 Å². The molecule has 2 unspecified atom stereocenters. The van der Waals surface area contributed by atoms with E-state index in [4.69, 9.17) is 9.47 Å². The average molecular weight is 362 g/mol. The van der Waals surface area contributed by atoms with Gasteiger partial charge in [0.15, 0.2) is 11.5 Å². The van der Waals surface area contributed by atoms with Crippen LogP contribution >= 0.6 is 0 Å². The predicted molar refractivity (Wildman–Crippen MR) is 101 cm³/mol. The molecule has 1 fully saturated rings. The minimum atomic E-state index is -0.310. The highest BCUT2D eigenvalue weighted by molar-refractivity contribution is 5.97. The third kappa shape index (κ3) is 5.38. The number of amides is 2. The van der Waals surface area contributed by atoms with Crippen LogP contribution in [0, 0.1) is 5.92 Å². The molecule has 1 aliphatic rings. The van der Waals surface area contributed by atoms with Gasteiger partial charge in [-0.05, 0) is 43.4 Å². The predicted octanol–water partition coefficient (Wildman–Crippen LogP) is 2.91. The van der Waals surface area contributed by atoms with Crippen molar-refractivity contribution in [1.82, 2.24) is 10.6 Å². The fourth-order valence-electron chi connectivity index (χ4n) is 3.54. The minimum Gasteiger partial charge on any atom is -0.493 e. The Balaban J connectivity index is 1.84. The van der Waals surface area contributed by atoms with Crippen molar-refractivity contribution in [2.75, 3.05) is 20.8 Å². The Morgan fingerprint density at radius 2 is 1.92 bits per heavy atom. The number of unbranched alkanes of at least 4 members (excludes halogenated alkanes) is 1. The lowest BCUT2D eigenvalue weighted by molar-refractivity contribution is -0.121. The van der Waals surface area contributed by atoms with Crippen LogP contribution in [-0.2, 0) is 4.79 Å². The third-order valence-corrected chi connectivity index (χ3v) is 4.99. The first kappa shape index (κ1) is 20.1. The minimum absolute atomic E-state index is 0.0236. The Kier molecular flexibility index (Phi) is 7.75. The number of benzene rings is 1. The molecule has 2 amide bonds. The summed E-state index contributed by atoms with van der Waals surface area (Å²) in [5, 5.41) is 5.76. The molecule has 0 radical (unpaired) electrons. The molecule has 0 aromatic heterocycles. The van der Waals surface area contributed by atoms with Crippen molar-refractivity contribution in [2.45, 2.75) is 51.5 Å². The zero-order valence-electron chi connectivity index (χ0n) is 16.0. The zero-order valence-corrected chi connectivity index (χ0v) is 16.0. The third-order valence-electron chi connectivity index (χ3n) is 4.99. The van der Waals surface area contributed by atoms with E-state index in [9.17, 15) is 9.59 Å². The van der Waals surface area contributed by atoms with E-state index in [1.807, 2.05) is 0 Å². The fraction of sp³-hybridized carbons (Fsp3) is 0.600. The maximum absolute atomic E-state index is 12.3. The van der Waals surface area contributed by atoms with Gasteiger partial charge in [0, 0.05) is 11.6 Å². The Morgan fingerprint density at radius 3 is 2.62 bits per heavy atom. The van der Waals surface area contributed by atoms with Gasteiger partial charge in [0.2, 0.25) is 5.91 Å². The summed E-state index contributed by atoms with van der Waals surface area (Å²) in [6.07, 6.45) is 6.93. The van der Waals surface area contributed by atoms with E-state index in [0.717, 1.165) is 12.8 Å². The quantitative estimate of drug-likeness (QED) is 0.708. The molecule has 0 aliphatic heterocycles. The Morgan fingerprint density at radius 1 is 1.15 bits per heavy atom. The van der Waals surface area contributed by atoms with Gasteiger partial charge < -0.3 is 20.1 Å². The first-order chi connectivity index (χ1) is 12.6. The standard InChI is InChI=1S/C20H30N2O4/c1-4-5-7-14-8-6-9-16(14)22-19(23)13-21-20(24)15-10-11-17(25-2)18(12-15)26-3/h10-12,14,16H,4-9,13H2,1-3H3,(H,21,24)(H,22,23). The van der Waals surface area contributed by atoms with Gasteiger partial charge in [0.1, 0.15) is 0 Å². The first-order valence-corrected chi connectivity index (χ1v) is 9.38. The summed E-state index contributed by atoms with van der Waals surface area (Å²) in [5.41, 5.74) is 0.428. The summed E-state index contributed by atoms with van der Waals surface area (Å²) in [4.78, 5) is 24.5. The van der Waals surface area contributed by atoms with Crippen molar-refractivity contribution in [1.29, 1.82) is 0 Å². The molecule has 0 saturated heterocycles. The van der Waals surface area contributed by atoms with Crippen LogP contribution in [0.15, 0.2) is 18.2 Å². The second-order valence-corrected chi connectivity index (χ2v) is 6.76. The highest BCUT2D eigenvalue weighted by atomic mass is 16.5. The summed E-state index contributed by atoms with van der Waals surface area (Å²) in [6.45, 7) is 2.16. The van der Waals surface area contributed by atoms with Gasteiger partial charge in [-0.3, -0.25) is 9.59 Å². The molecule has 2 N–H and O–H groups in total. The average Bonchev–Trinajstić information content (AvgIpc) is 3.10. The van der Waals surface area contributed by atoms with Crippen molar-refractivity contribution in [3.63, 3.8) is 0 Å². The molecule has 1 aromatic carbocycles. The van der Waals surface area contributed by atoms with Gasteiger partial charge in [0.25, 0.3) is 5.91 Å². The van der Waals surface area contributed by atoms with Gasteiger partial charge in [-0.1, -0.05) is 26.2 Å². The van der Waals surface area contributed by atoms with Gasteiger partial charge in [0.05, 0.1) is 20.8 Å². The van der Waals surface area contributed by atoms with E-state index in [0.29, 0.717) is 23.0 Å². The van der Waals surface area contributed by atoms with Gasteiger partial charge in [-0.15, -0.1) is 0 Å². The van der Waals surface area contributed by atoms with Crippen molar-refractivity contribution >= 4 is 11.8 Å². The first-order valence-electron chi connectivity index (χ1n) is 9.38. The molecule has 6 nitrogen and oxygen atoms in total. The summed E-state index contributed by atoms with van der Waals surface area (Å²) in [5.74, 6) is 1.17. The molecule has 26 heavy (non-hydrogen) atoms. The van der Waals surface area contributed by atoms with Gasteiger partial charge >= 0.3 is 0 Å². The Hall–Kier alpha value is -2.24. The number of rotatable bonds is 9. The van der Waals surface area contributed by atoms with Crippen LogP contribution in [0.4, 0.5) is 0 Å². The lowest BCUT2D eigenvalue weighted by atomic mass is 9.97. The Bertz CT molecular complexity index is 618. The molecule has 2 atom stereocenters. The highest BCUT2D eigenvalue weighted by Gasteiger charge is 2.27. The molecular formula is C20H30N2O4.